The van der Waals surface area contributed by atoms with Crippen molar-refractivity contribution in [1.82, 2.24) is 0 Å². The zero-order chi connectivity index (χ0) is 19.8. The summed E-state index contributed by atoms with van der Waals surface area (Å²) in [7, 11) is 0. The summed E-state index contributed by atoms with van der Waals surface area (Å²) < 4.78 is 8.66. The zero-order valence-corrected chi connectivity index (χ0v) is 15.0. The van der Waals surface area contributed by atoms with Crippen molar-refractivity contribution in [2.75, 3.05) is 0 Å². The number of nitrogens with zero attached hydrogens (tertiary/aromatic N) is 3. The summed E-state index contributed by atoms with van der Waals surface area (Å²) in [5, 5.41) is 11.6. The lowest BCUT2D eigenvalue weighted by Gasteiger charge is -2.03. The third-order valence-corrected chi connectivity index (χ3v) is 3.85. The highest BCUT2D eigenvalue weighted by Gasteiger charge is 2.18. The largest absolute Gasteiger partial charge is 0.423 e. The Morgan fingerprint density at radius 3 is 2.32 bits per heavy atom. The minimum Gasteiger partial charge on any atom is -0.423 e. The van der Waals surface area contributed by atoms with Gasteiger partial charge in [-0.25, -0.2) is 4.79 Å². The molecular formula is C21H19N3O4+2. The van der Waals surface area contributed by atoms with Crippen molar-refractivity contribution in [2.24, 2.45) is 5.16 Å². The lowest BCUT2D eigenvalue weighted by molar-refractivity contribution is -0.702. The minimum atomic E-state index is -0.488. The molecule has 7 heteroatoms. The summed E-state index contributed by atoms with van der Waals surface area (Å²) in [6, 6.07) is 15.7. The summed E-state index contributed by atoms with van der Waals surface area (Å²) in [5.41, 5.74) is 1.03. The van der Waals surface area contributed by atoms with Gasteiger partial charge in [-0.2, -0.15) is 9.13 Å². The molecule has 28 heavy (non-hydrogen) atoms. The normalized spacial score (nSPS) is 10.7. The van der Waals surface area contributed by atoms with Crippen molar-refractivity contribution < 1.29 is 28.7 Å². The van der Waals surface area contributed by atoms with E-state index in [9.17, 15) is 9.59 Å². The molecule has 3 rings (SSSR count). The molecule has 140 valence electrons. The van der Waals surface area contributed by atoms with Gasteiger partial charge >= 0.3 is 5.97 Å². The maximum absolute atomic E-state index is 12.4. The van der Waals surface area contributed by atoms with Crippen LogP contribution in [0.25, 0.3) is 0 Å². The molecule has 1 aromatic carbocycles. The van der Waals surface area contributed by atoms with Gasteiger partial charge in [0.25, 0.3) is 5.78 Å². The van der Waals surface area contributed by atoms with Crippen LogP contribution in [-0.2, 0) is 17.9 Å². The topological polar surface area (TPSA) is 83.7 Å². The Labute approximate surface area is 161 Å². The second-order valence-electron chi connectivity index (χ2n) is 6.06. The molecule has 0 unspecified atom stereocenters. The average molecular weight is 377 g/mol. The SMILES string of the molecule is O=C(C[n+]1cccc(/C=N/O)c1)C[n+]1cccc(C(=O)Oc2ccccc2)c1. The number of carbonyl (C=O) groups is 2. The average Bonchev–Trinajstić information content (AvgIpc) is 2.69. The minimum absolute atomic E-state index is 0.0540. The van der Waals surface area contributed by atoms with Gasteiger partial charge in [-0.1, -0.05) is 23.4 Å². The number of carbonyl (C=O) groups excluding carboxylic acids is 2. The van der Waals surface area contributed by atoms with Crippen LogP contribution in [0.5, 0.6) is 5.75 Å². The second kappa shape index (κ2) is 9.18. The Kier molecular flexibility index (Phi) is 6.20. The van der Waals surface area contributed by atoms with E-state index in [4.69, 9.17) is 9.94 Å². The van der Waals surface area contributed by atoms with Gasteiger partial charge in [0.05, 0.1) is 11.8 Å². The number of Topliss-reactive ketones (excluding diaryl/α,β-unsaturated/α-hetero) is 1. The van der Waals surface area contributed by atoms with E-state index in [0.29, 0.717) is 16.9 Å². The first-order valence-corrected chi connectivity index (χ1v) is 8.58. The summed E-state index contributed by atoms with van der Waals surface area (Å²) >= 11 is 0. The molecule has 0 aliphatic heterocycles. The number of hydrogen-bond acceptors (Lipinski definition) is 5. The van der Waals surface area contributed by atoms with Gasteiger partial charge in [0.1, 0.15) is 11.3 Å². The lowest BCUT2D eigenvalue weighted by atomic mass is 10.2. The van der Waals surface area contributed by atoms with Gasteiger partial charge in [-0.3, -0.25) is 4.79 Å². The summed E-state index contributed by atoms with van der Waals surface area (Å²) in [6.07, 6.45) is 8.05. The Morgan fingerprint density at radius 2 is 1.61 bits per heavy atom. The van der Waals surface area contributed by atoms with Gasteiger partial charge in [0.2, 0.25) is 13.1 Å². The van der Waals surface area contributed by atoms with Crippen LogP contribution < -0.4 is 13.9 Å². The van der Waals surface area contributed by atoms with Crippen LogP contribution in [-0.4, -0.2) is 23.2 Å². The Hall–Kier alpha value is -3.87. The van der Waals surface area contributed by atoms with Gasteiger partial charge < -0.3 is 9.94 Å². The highest BCUT2D eigenvalue weighted by Crippen LogP contribution is 2.10. The molecule has 0 saturated heterocycles. The van der Waals surface area contributed by atoms with Gasteiger partial charge in [-0.15, -0.1) is 0 Å². The highest BCUT2D eigenvalue weighted by molar-refractivity contribution is 5.90. The third kappa shape index (κ3) is 5.31. The fourth-order valence-corrected chi connectivity index (χ4v) is 2.64. The van der Waals surface area contributed by atoms with Crippen LogP contribution >= 0.6 is 0 Å². The van der Waals surface area contributed by atoms with E-state index in [-0.39, 0.29) is 18.9 Å². The molecule has 0 aliphatic rings. The van der Waals surface area contributed by atoms with Crippen molar-refractivity contribution >= 4 is 18.0 Å². The summed E-state index contributed by atoms with van der Waals surface area (Å²) in [4.78, 5) is 24.7. The molecule has 7 nitrogen and oxygen atoms in total. The van der Waals surface area contributed by atoms with Crippen molar-refractivity contribution in [3.05, 3.63) is 90.5 Å². The number of ether oxygens (including phenoxy) is 1. The lowest BCUT2D eigenvalue weighted by Crippen LogP contribution is -2.45. The predicted molar refractivity (Wildman–Crippen MR) is 99.1 cm³/mol. The fourth-order valence-electron chi connectivity index (χ4n) is 2.64. The smallest absolute Gasteiger partial charge is 0.349 e. The summed E-state index contributed by atoms with van der Waals surface area (Å²) in [6.45, 7) is 0.260. The molecule has 2 heterocycles. The Balaban J connectivity index is 1.64. The number of ketones is 1. The number of oxime groups is 1. The molecule has 3 aromatic rings. The number of pyridine rings is 2. The molecule has 2 aromatic heterocycles. The number of aromatic nitrogens is 2. The van der Waals surface area contributed by atoms with E-state index < -0.39 is 5.97 Å². The highest BCUT2D eigenvalue weighted by atomic mass is 16.5. The van der Waals surface area contributed by atoms with E-state index in [1.165, 1.54) is 6.21 Å². The Morgan fingerprint density at radius 1 is 0.929 bits per heavy atom. The molecule has 0 radical (unpaired) electrons. The van der Waals surface area contributed by atoms with Crippen LogP contribution in [0.3, 0.4) is 0 Å². The van der Waals surface area contributed by atoms with E-state index in [0.717, 1.165) is 0 Å². The fraction of sp³-hybridized carbons (Fsp3) is 0.0952. The van der Waals surface area contributed by atoms with Crippen molar-refractivity contribution in [3.8, 4) is 5.75 Å². The van der Waals surface area contributed by atoms with E-state index in [1.54, 1.807) is 82.5 Å². The van der Waals surface area contributed by atoms with Crippen molar-refractivity contribution in [3.63, 3.8) is 0 Å². The molecule has 0 spiro atoms. The molecule has 0 saturated carbocycles. The number of para-hydroxylation sites is 1. The zero-order valence-electron chi connectivity index (χ0n) is 15.0. The first kappa shape index (κ1) is 18.9. The van der Waals surface area contributed by atoms with E-state index >= 15 is 0 Å². The molecule has 0 bridgehead atoms. The van der Waals surface area contributed by atoms with Crippen LogP contribution in [0, 0.1) is 0 Å². The van der Waals surface area contributed by atoms with Gasteiger partial charge in [0.15, 0.2) is 24.8 Å². The monoisotopic (exact) mass is 377 g/mol. The molecular weight excluding hydrogens is 358 g/mol. The van der Waals surface area contributed by atoms with Crippen molar-refractivity contribution in [2.45, 2.75) is 13.1 Å². The maximum atomic E-state index is 12.4. The van der Waals surface area contributed by atoms with Crippen LogP contribution in [0.2, 0.25) is 0 Å². The maximum Gasteiger partial charge on any atom is 0.349 e. The van der Waals surface area contributed by atoms with E-state index in [2.05, 4.69) is 5.16 Å². The number of benzene rings is 1. The quantitative estimate of drug-likeness (QED) is 0.169. The first-order chi connectivity index (χ1) is 13.6. The predicted octanol–water partition coefficient (Wildman–Crippen LogP) is 1.56. The molecule has 0 amide bonds. The second-order valence-corrected chi connectivity index (χ2v) is 6.06. The van der Waals surface area contributed by atoms with Crippen LogP contribution in [0.15, 0.2) is 84.5 Å². The van der Waals surface area contributed by atoms with Gasteiger partial charge in [0, 0.05) is 12.1 Å². The summed E-state index contributed by atoms with van der Waals surface area (Å²) in [5.74, 6) is -0.0818. The van der Waals surface area contributed by atoms with Crippen LogP contribution in [0.4, 0.5) is 0 Å². The standard InChI is InChI=1S/C21H18N3O4/c25-19(15-23-10-4-6-17(13-23)12-22-27)16-24-11-5-7-18(14-24)21(26)28-20-8-2-1-3-9-20/h1-14H,15-16H2/q+1/p+1/b22-12+. The van der Waals surface area contributed by atoms with Crippen LogP contribution in [0.1, 0.15) is 15.9 Å². The third-order valence-electron chi connectivity index (χ3n) is 3.85. The molecule has 0 aliphatic carbocycles. The molecule has 0 fully saturated rings. The Bertz CT molecular complexity index is 1000. The number of hydrogen-bond donors (Lipinski definition) is 1. The number of rotatable bonds is 7. The van der Waals surface area contributed by atoms with Gasteiger partial charge in [-0.05, 0) is 24.3 Å². The van der Waals surface area contributed by atoms with E-state index in [1.807, 2.05) is 6.07 Å². The molecule has 1 N–H and O–H groups in total. The first-order valence-electron chi connectivity index (χ1n) is 8.58. The molecule has 0 atom stereocenters. The van der Waals surface area contributed by atoms with Crippen molar-refractivity contribution in [1.29, 1.82) is 0 Å². The number of esters is 1.